The second-order valence-corrected chi connectivity index (χ2v) is 6.18. The van der Waals surface area contributed by atoms with Gasteiger partial charge in [0, 0.05) is 18.9 Å². The summed E-state index contributed by atoms with van der Waals surface area (Å²) >= 11 is 0. The van der Waals surface area contributed by atoms with Crippen LogP contribution in [-0.4, -0.2) is 58.4 Å². The van der Waals surface area contributed by atoms with Gasteiger partial charge >= 0.3 is 65.1 Å². The zero-order valence-corrected chi connectivity index (χ0v) is 18.0. The van der Waals surface area contributed by atoms with Gasteiger partial charge in [-0.3, -0.25) is 9.46 Å². The first-order valence-corrected chi connectivity index (χ1v) is 7.75. The van der Waals surface area contributed by atoms with Gasteiger partial charge in [0.1, 0.15) is 12.3 Å². The molecule has 2 amide bonds. The summed E-state index contributed by atoms with van der Waals surface area (Å²) in [5.41, 5.74) is 0. The van der Waals surface area contributed by atoms with Crippen molar-refractivity contribution >= 4 is 19.8 Å². The van der Waals surface area contributed by atoms with Crippen LogP contribution in [-0.2, 0) is 13.8 Å². The molecule has 2 unspecified atom stereocenters. The van der Waals surface area contributed by atoms with Gasteiger partial charge in [-0.15, -0.1) is 0 Å². The standard InChI is InChI=1S/C10H17N2O8P.2Na/c1-5-3-12(10(15)11-9(5)14)8-2-6(13)7(20-8)4-19-21(16,17)18;;/h5-8,13H,2-4H2,1H3,(H,11,14,15)(H2,16,17,18);;/q;2*+1/p-2/t5?,6-,7+,8+;;/m0../s1. The molecule has 1 fully saturated rings. The van der Waals surface area contributed by atoms with Crippen LogP contribution < -0.4 is 69.1 Å². The Labute approximate surface area is 177 Å². The van der Waals surface area contributed by atoms with E-state index in [1.54, 1.807) is 6.92 Å². The zero-order valence-electron chi connectivity index (χ0n) is 13.1. The molecule has 0 aromatic heterocycles. The van der Waals surface area contributed by atoms with E-state index in [1.807, 2.05) is 0 Å². The Morgan fingerprint density at radius 1 is 1.52 bits per heavy atom. The molecule has 10 nitrogen and oxygen atoms in total. The number of hydrogen-bond donors (Lipinski definition) is 2. The minimum atomic E-state index is -4.91. The maximum absolute atomic E-state index is 11.7. The molecule has 0 spiro atoms. The molecule has 23 heavy (non-hydrogen) atoms. The Morgan fingerprint density at radius 2 is 2.13 bits per heavy atom. The smallest absolute Gasteiger partial charge is 0.861 e. The first-order valence-electron chi connectivity index (χ1n) is 6.25. The Balaban J connectivity index is 0.00000242. The van der Waals surface area contributed by atoms with E-state index < -0.39 is 50.7 Å². The van der Waals surface area contributed by atoms with Gasteiger partial charge in [-0.25, -0.2) is 9.79 Å². The third kappa shape index (κ3) is 6.65. The van der Waals surface area contributed by atoms with Gasteiger partial charge in [0.25, 0.3) is 7.82 Å². The van der Waals surface area contributed by atoms with Gasteiger partial charge in [0.2, 0.25) is 0 Å². The van der Waals surface area contributed by atoms with Crippen LogP contribution in [0.15, 0.2) is 4.99 Å². The zero-order chi connectivity index (χ0) is 15.8. The number of aliphatic hydroxyl groups is 1. The molecule has 2 aliphatic rings. The number of amides is 2. The topological polar surface area (TPSA) is 155 Å². The van der Waals surface area contributed by atoms with Crippen molar-refractivity contribution in [3.05, 3.63) is 0 Å². The largest absolute Gasteiger partial charge is 1.00 e. The second-order valence-electron chi connectivity index (χ2n) is 4.98. The Morgan fingerprint density at radius 3 is 2.70 bits per heavy atom. The number of phosphoric acid groups is 1. The van der Waals surface area contributed by atoms with Crippen molar-refractivity contribution in [1.29, 1.82) is 0 Å². The number of carbonyl (C=O) groups excluding carboxylic acids is 1. The maximum atomic E-state index is 11.7. The normalized spacial score (nSPS) is 33.3. The minimum Gasteiger partial charge on any atom is -0.861 e. The molecule has 0 aliphatic carbocycles. The summed E-state index contributed by atoms with van der Waals surface area (Å²) in [7, 11) is -4.91. The van der Waals surface area contributed by atoms with Crippen molar-refractivity contribution in [3.63, 3.8) is 0 Å². The fourth-order valence-corrected chi connectivity index (χ4v) is 2.52. The fraction of sp³-hybridized carbons (Fsp3) is 0.800. The predicted molar refractivity (Wildman–Crippen MR) is 63.8 cm³/mol. The van der Waals surface area contributed by atoms with Crippen LogP contribution in [0, 0.1) is 5.92 Å². The number of rotatable bonds is 4. The predicted octanol–water partition coefficient (Wildman–Crippen LogP) is -8.22. The molecular weight excluding hydrogens is 353 g/mol. The van der Waals surface area contributed by atoms with Crippen molar-refractivity contribution in [2.75, 3.05) is 13.2 Å². The molecule has 2 heterocycles. The van der Waals surface area contributed by atoms with Gasteiger partial charge in [0.05, 0.1) is 12.7 Å². The van der Waals surface area contributed by atoms with Crippen LogP contribution in [0.5, 0.6) is 0 Å². The van der Waals surface area contributed by atoms with Crippen molar-refractivity contribution in [3.8, 4) is 0 Å². The molecule has 0 bridgehead atoms. The number of phosphoric ester groups is 1. The van der Waals surface area contributed by atoms with E-state index in [1.165, 1.54) is 4.90 Å². The molecule has 120 valence electrons. The monoisotopic (exact) mass is 368 g/mol. The van der Waals surface area contributed by atoms with Gasteiger partial charge < -0.3 is 29.3 Å². The summed E-state index contributed by atoms with van der Waals surface area (Å²) in [6.45, 7) is 1.14. The average Bonchev–Trinajstić information content (AvgIpc) is 2.72. The first-order chi connectivity index (χ1) is 9.67. The Hall–Kier alpha value is 0.970. The summed E-state index contributed by atoms with van der Waals surface area (Å²) in [6, 6.07) is -0.756. The molecule has 13 heteroatoms. The van der Waals surface area contributed by atoms with Crippen LogP contribution in [0.1, 0.15) is 13.3 Å². The second kappa shape index (κ2) is 9.61. The number of carbonyl (C=O) groups is 1. The van der Waals surface area contributed by atoms with E-state index in [0.29, 0.717) is 0 Å². The number of hydrogen-bond acceptors (Lipinski definition) is 7. The Kier molecular flexibility index (Phi) is 10.0. The minimum absolute atomic E-state index is 0. The number of urea groups is 1. The fourth-order valence-electron chi connectivity index (χ4n) is 2.19. The molecular formula is C10H15N2Na2O8P. The van der Waals surface area contributed by atoms with Crippen molar-refractivity contribution in [1.82, 2.24) is 4.90 Å². The summed E-state index contributed by atoms with van der Waals surface area (Å²) < 4.78 is 20.0. The van der Waals surface area contributed by atoms with Crippen LogP contribution in [0.25, 0.3) is 0 Å². The molecule has 2 aliphatic heterocycles. The quantitative estimate of drug-likeness (QED) is 0.366. The van der Waals surface area contributed by atoms with E-state index >= 15 is 0 Å². The van der Waals surface area contributed by atoms with E-state index in [0.717, 1.165) is 0 Å². The summed E-state index contributed by atoms with van der Waals surface area (Å²) in [4.78, 5) is 35.2. The van der Waals surface area contributed by atoms with E-state index in [2.05, 4.69) is 9.52 Å². The summed E-state index contributed by atoms with van der Waals surface area (Å²) in [5, 5.41) is 21.1. The number of ether oxygens (including phenoxy) is 1. The summed E-state index contributed by atoms with van der Waals surface area (Å²) in [6.07, 6.45) is -2.87. The molecule has 0 radical (unpaired) electrons. The molecule has 1 saturated heterocycles. The van der Waals surface area contributed by atoms with Crippen LogP contribution >= 0.6 is 7.82 Å². The first kappa shape index (κ1) is 24.0. The molecule has 5 atom stereocenters. The third-order valence-corrected chi connectivity index (χ3v) is 3.77. The van der Waals surface area contributed by atoms with Gasteiger partial charge in [-0.05, 0) is 5.90 Å². The SMILES string of the molecule is CC1CN([C@H]2C[C@H](O)[C@@H](COP(=O)([O-])O)O2)C(=O)N=C1[O-].[Na+].[Na+]. The third-order valence-electron chi connectivity index (χ3n) is 3.30. The van der Waals surface area contributed by atoms with Gasteiger partial charge in [0.15, 0.2) is 0 Å². The van der Waals surface area contributed by atoms with E-state index in [-0.39, 0.29) is 72.1 Å². The van der Waals surface area contributed by atoms with E-state index in [4.69, 9.17) is 9.63 Å². The van der Waals surface area contributed by atoms with Gasteiger partial charge in [-0.1, -0.05) is 6.92 Å². The average molecular weight is 368 g/mol. The number of aliphatic imine (C=N–C) groups is 1. The molecule has 0 aromatic rings. The van der Waals surface area contributed by atoms with Crippen molar-refractivity contribution in [2.45, 2.75) is 31.8 Å². The summed E-state index contributed by atoms with van der Waals surface area (Å²) in [5.74, 6) is -0.986. The van der Waals surface area contributed by atoms with Crippen LogP contribution in [0.2, 0.25) is 0 Å². The molecule has 2 N–H and O–H groups in total. The number of nitrogens with zero attached hydrogens (tertiary/aromatic N) is 2. The van der Waals surface area contributed by atoms with Crippen LogP contribution in [0.3, 0.4) is 0 Å². The molecule has 0 saturated carbocycles. The number of aliphatic hydroxyl groups excluding tert-OH is 1. The van der Waals surface area contributed by atoms with Crippen LogP contribution in [0.4, 0.5) is 4.79 Å². The molecule has 0 aromatic carbocycles. The van der Waals surface area contributed by atoms with Gasteiger partial charge in [-0.2, -0.15) is 0 Å². The van der Waals surface area contributed by atoms with E-state index in [9.17, 15) is 24.5 Å². The maximum Gasteiger partial charge on any atom is 1.00 e. The van der Waals surface area contributed by atoms with Crippen molar-refractivity contribution < 1.29 is 97.7 Å². The Bertz CT molecular complexity index is 501. The molecule has 2 rings (SSSR count). The van der Waals surface area contributed by atoms with Crippen molar-refractivity contribution in [2.24, 2.45) is 10.9 Å².